The number of aliphatic hydroxyl groups is 1. The lowest BCUT2D eigenvalue weighted by molar-refractivity contribution is 0.0995. The largest absolute Gasteiger partial charge is 0.392 e. The molecule has 8 heteroatoms. The van der Waals surface area contributed by atoms with Gasteiger partial charge in [-0.05, 0) is 60.0 Å². The lowest BCUT2D eigenvalue weighted by Crippen LogP contribution is -2.31. The Kier molecular flexibility index (Phi) is 5.31. The van der Waals surface area contributed by atoms with E-state index in [0.717, 1.165) is 5.56 Å². The maximum absolute atomic E-state index is 13.4. The van der Waals surface area contributed by atoms with Crippen LogP contribution in [0.25, 0.3) is 16.7 Å². The molecule has 1 amide bonds. The van der Waals surface area contributed by atoms with E-state index in [4.69, 9.17) is 5.73 Å². The number of aliphatic hydroxyl groups excluding tert-OH is 1. The van der Waals surface area contributed by atoms with Gasteiger partial charge >= 0.3 is 0 Å². The molecular weight excluding hydrogens is 404 g/mol. The highest BCUT2D eigenvalue weighted by Crippen LogP contribution is 2.24. The predicted octanol–water partition coefficient (Wildman–Crippen LogP) is 2.85. The van der Waals surface area contributed by atoms with Crippen molar-refractivity contribution in [2.24, 2.45) is 5.73 Å². The average Bonchev–Trinajstić information content (AvgIpc) is 2.75. The Morgan fingerprint density at radius 1 is 1.00 bits per heavy atom. The van der Waals surface area contributed by atoms with Crippen LogP contribution in [0.3, 0.4) is 0 Å². The molecule has 2 heterocycles. The topological polar surface area (TPSA) is 98.2 Å². The van der Waals surface area contributed by atoms with Crippen LogP contribution >= 0.6 is 0 Å². The Morgan fingerprint density at radius 3 is 2.19 bits per heavy atom. The Labute approximate surface area is 175 Å². The highest BCUT2D eigenvalue weighted by Gasteiger charge is 2.22. The van der Waals surface area contributed by atoms with Crippen LogP contribution in [0.5, 0.6) is 0 Å². The Balaban J connectivity index is 2.00. The summed E-state index contributed by atoms with van der Waals surface area (Å²) in [6.07, 6.45) is 1.96. The lowest BCUT2D eigenvalue weighted by atomic mass is 10.0. The van der Waals surface area contributed by atoms with Gasteiger partial charge in [-0.25, -0.2) is 8.78 Å². The fourth-order valence-electron chi connectivity index (χ4n) is 3.56. The lowest BCUT2D eigenvalue weighted by Gasteiger charge is -2.16. The third-order valence-electron chi connectivity index (χ3n) is 4.98. The van der Waals surface area contributed by atoms with Gasteiger partial charge in [0.15, 0.2) is 0 Å². The van der Waals surface area contributed by atoms with E-state index in [-0.39, 0.29) is 22.5 Å². The standard InChI is InChI=1S/C23H17F2N3O3/c24-15-3-1-13(2-4-15)9-14-10-19-21(27-11-14)18(12-29)20(22(26)30)23(31)28(19)17-7-5-16(25)6-8-17/h1-8,10-11,29H,9,12H2,(H2,26,30). The molecule has 3 N–H and O–H groups in total. The van der Waals surface area contributed by atoms with Crippen molar-refractivity contribution < 1.29 is 18.7 Å². The van der Waals surface area contributed by atoms with Crippen LogP contribution in [-0.2, 0) is 13.0 Å². The molecule has 0 unspecified atom stereocenters. The highest BCUT2D eigenvalue weighted by atomic mass is 19.1. The van der Waals surface area contributed by atoms with Gasteiger partial charge in [0, 0.05) is 17.4 Å². The first-order chi connectivity index (χ1) is 14.9. The van der Waals surface area contributed by atoms with Gasteiger partial charge < -0.3 is 10.8 Å². The molecule has 0 bridgehead atoms. The molecular formula is C23H17F2N3O3. The van der Waals surface area contributed by atoms with Gasteiger partial charge in [-0.2, -0.15) is 0 Å². The molecule has 2 aromatic carbocycles. The molecule has 4 rings (SSSR count). The first-order valence-corrected chi connectivity index (χ1v) is 9.36. The second-order valence-corrected chi connectivity index (χ2v) is 7.01. The van der Waals surface area contributed by atoms with Gasteiger partial charge in [0.2, 0.25) is 0 Å². The van der Waals surface area contributed by atoms with E-state index in [9.17, 15) is 23.5 Å². The maximum Gasteiger partial charge on any atom is 0.268 e. The average molecular weight is 421 g/mol. The first-order valence-electron chi connectivity index (χ1n) is 9.36. The fraction of sp³-hybridized carbons (Fsp3) is 0.0870. The molecule has 2 aromatic heterocycles. The van der Waals surface area contributed by atoms with Crippen molar-refractivity contribution >= 4 is 16.9 Å². The number of carbonyl (C=O) groups is 1. The van der Waals surface area contributed by atoms with E-state index in [1.54, 1.807) is 24.4 Å². The van der Waals surface area contributed by atoms with E-state index in [1.165, 1.54) is 41.0 Å². The minimum atomic E-state index is -0.996. The molecule has 0 radical (unpaired) electrons. The van der Waals surface area contributed by atoms with Crippen LogP contribution in [0.4, 0.5) is 8.78 Å². The summed E-state index contributed by atoms with van der Waals surface area (Å²) in [7, 11) is 0. The molecule has 6 nitrogen and oxygen atoms in total. The number of amides is 1. The molecule has 0 fully saturated rings. The van der Waals surface area contributed by atoms with E-state index in [1.807, 2.05) is 0 Å². The molecule has 0 saturated carbocycles. The number of benzene rings is 2. The number of carbonyl (C=O) groups excluding carboxylic acids is 1. The number of fused-ring (bicyclic) bond motifs is 1. The molecule has 0 aliphatic rings. The smallest absolute Gasteiger partial charge is 0.268 e. The summed E-state index contributed by atoms with van der Waals surface area (Å²) in [5.41, 5.74) is 6.73. The zero-order valence-corrected chi connectivity index (χ0v) is 16.2. The van der Waals surface area contributed by atoms with Gasteiger partial charge in [0.25, 0.3) is 11.5 Å². The Bertz CT molecular complexity index is 1350. The number of pyridine rings is 2. The van der Waals surface area contributed by atoms with Gasteiger partial charge in [0.1, 0.15) is 17.2 Å². The Hall–Kier alpha value is -3.91. The van der Waals surface area contributed by atoms with E-state index >= 15 is 0 Å². The zero-order valence-electron chi connectivity index (χ0n) is 16.2. The number of hydrogen-bond acceptors (Lipinski definition) is 4. The summed E-state index contributed by atoms with van der Waals surface area (Å²) in [6, 6.07) is 12.8. The molecule has 31 heavy (non-hydrogen) atoms. The molecule has 156 valence electrons. The number of nitrogens with zero attached hydrogens (tertiary/aromatic N) is 2. The first kappa shape index (κ1) is 20.4. The van der Waals surface area contributed by atoms with Crippen LogP contribution in [0.15, 0.2) is 65.6 Å². The summed E-state index contributed by atoms with van der Waals surface area (Å²) in [5, 5.41) is 9.84. The van der Waals surface area contributed by atoms with Crippen LogP contribution in [0.1, 0.15) is 27.0 Å². The van der Waals surface area contributed by atoms with Crippen molar-refractivity contribution in [3.8, 4) is 5.69 Å². The monoisotopic (exact) mass is 421 g/mol. The normalized spacial score (nSPS) is 11.1. The summed E-state index contributed by atoms with van der Waals surface area (Å²) < 4.78 is 27.9. The van der Waals surface area contributed by atoms with Crippen molar-refractivity contribution in [2.75, 3.05) is 0 Å². The SMILES string of the molecule is NC(=O)c1c(CO)c2ncc(Cc3ccc(F)cc3)cc2n(-c2ccc(F)cc2)c1=O. The number of halogens is 2. The summed E-state index contributed by atoms with van der Waals surface area (Å²) in [4.78, 5) is 29.6. The third-order valence-corrected chi connectivity index (χ3v) is 4.98. The van der Waals surface area contributed by atoms with Gasteiger partial charge in [-0.3, -0.25) is 19.1 Å². The second kappa shape index (κ2) is 8.08. The third kappa shape index (κ3) is 3.80. The van der Waals surface area contributed by atoms with Crippen LogP contribution in [0.2, 0.25) is 0 Å². The van der Waals surface area contributed by atoms with E-state index in [2.05, 4.69) is 4.98 Å². The number of rotatable bonds is 5. The number of hydrogen-bond donors (Lipinski definition) is 2. The number of primary amides is 1. The minimum Gasteiger partial charge on any atom is -0.392 e. The van der Waals surface area contributed by atoms with Crippen molar-refractivity contribution in [1.82, 2.24) is 9.55 Å². The van der Waals surface area contributed by atoms with Gasteiger partial charge in [-0.1, -0.05) is 12.1 Å². The van der Waals surface area contributed by atoms with Crippen molar-refractivity contribution in [2.45, 2.75) is 13.0 Å². The van der Waals surface area contributed by atoms with Crippen LogP contribution in [0, 0.1) is 11.6 Å². The Morgan fingerprint density at radius 2 is 1.61 bits per heavy atom. The minimum absolute atomic E-state index is 0.0270. The molecule has 0 saturated heterocycles. The molecule has 0 spiro atoms. The predicted molar refractivity (Wildman–Crippen MR) is 111 cm³/mol. The van der Waals surface area contributed by atoms with Crippen molar-refractivity contribution in [3.63, 3.8) is 0 Å². The summed E-state index contributed by atoms with van der Waals surface area (Å²) in [6.45, 7) is -0.613. The maximum atomic E-state index is 13.4. The fourth-order valence-corrected chi connectivity index (χ4v) is 3.56. The van der Waals surface area contributed by atoms with Crippen LogP contribution < -0.4 is 11.3 Å². The van der Waals surface area contributed by atoms with Gasteiger partial charge in [0.05, 0.1) is 17.6 Å². The quantitative estimate of drug-likeness (QED) is 0.518. The number of nitrogens with two attached hydrogens (primary N) is 1. The van der Waals surface area contributed by atoms with E-state index < -0.39 is 23.9 Å². The zero-order chi connectivity index (χ0) is 22.1. The highest BCUT2D eigenvalue weighted by molar-refractivity contribution is 5.98. The van der Waals surface area contributed by atoms with Gasteiger partial charge in [-0.15, -0.1) is 0 Å². The van der Waals surface area contributed by atoms with E-state index in [0.29, 0.717) is 23.2 Å². The summed E-state index contributed by atoms with van der Waals surface area (Å²) in [5.74, 6) is -1.83. The van der Waals surface area contributed by atoms with Crippen molar-refractivity contribution in [3.05, 3.63) is 105 Å². The molecule has 0 aliphatic carbocycles. The molecule has 0 aliphatic heterocycles. The second-order valence-electron chi connectivity index (χ2n) is 7.01. The molecule has 4 aromatic rings. The summed E-state index contributed by atoms with van der Waals surface area (Å²) >= 11 is 0. The number of aromatic nitrogens is 2. The van der Waals surface area contributed by atoms with Crippen molar-refractivity contribution in [1.29, 1.82) is 0 Å². The molecule has 0 atom stereocenters. The van der Waals surface area contributed by atoms with Crippen LogP contribution in [-0.4, -0.2) is 20.6 Å².